The number of halogens is 2. The number of benzene rings is 2. The molecule has 0 spiro atoms. The Morgan fingerprint density at radius 3 is 2.70 bits per heavy atom. The highest BCUT2D eigenvalue weighted by molar-refractivity contribution is 6.08. The first-order valence-electron chi connectivity index (χ1n) is 10.4. The summed E-state index contributed by atoms with van der Waals surface area (Å²) in [4.78, 5) is 30.7. The van der Waals surface area contributed by atoms with Crippen molar-refractivity contribution in [2.24, 2.45) is 0 Å². The molecule has 0 aliphatic heterocycles. The molecule has 2 N–H and O–H groups in total. The summed E-state index contributed by atoms with van der Waals surface area (Å²) in [6, 6.07) is 9.23. The van der Waals surface area contributed by atoms with Crippen LogP contribution in [0.3, 0.4) is 0 Å². The molecule has 33 heavy (non-hydrogen) atoms. The third-order valence-corrected chi connectivity index (χ3v) is 5.61. The summed E-state index contributed by atoms with van der Waals surface area (Å²) in [5.74, 6) is -1.48. The number of rotatable bonds is 6. The number of aryl methyl sites for hydroxylation is 1. The maximum Gasteiger partial charge on any atom is 0.262 e. The SMILES string of the molecule is CCn1ccnc1Cn1c(C)c(C(=O)N[C@@H](O)c2cccc(F)c2)c2cccc(F)c2c1=O. The number of nitrogens with zero attached hydrogens (tertiary/aromatic N) is 3. The van der Waals surface area contributed by atoms with E-state index in [1.165, 1.54) is 34.9 Å². The van der Waals surface area contributed by atoms with Crippen molar-refractivity contribution in [2.45, 2.75) is 33.2 Å². The molecule has 0 saturated carbocycles. The predicted octanol–water partition coefficient (Wildman–Crippen LogP) is 3.27. The second kappa shape index (κ2) is 8.95. The minimum Gasteiger partial charge on any atom is -0.369 e. The lowest BCUT2D eigenvalue weighted by Gasteiger charge is -2.19. The van der Waals surface area contributed by atoms with E-state index >= 15 is 0 Å². The number of imidazole rings is 1. The number of aliphatic hydroxyl groups is 1. The van der Waals surface area contributed by atoms with Crippen LogP contribution in [-0.4, -0.2) is 25.1 Å². The molecule has 4 rings (SSSR count). The van der Waals surface area contributed by atoms with Gasteiger partial charge in [-0.2, -0.15) is 0 Å². The molecular weight excluding hydrogens is 430 g/mol. The molecule has 2 aromatic heterocycles. The Labute approximate surface area is 187 Å². The van der Waals surface area contributed by atoms with Gasteiger partial charge in [0.25, 0.3) is 11.5 Å². The van der Waals surface area contributed by atoms with Crippen molar-refractivity contribution in [3.05, 3.63) is 99.5 Å². The fraction of sp³-hybridized carbons (Fsp3) is 0.208. The van der Waals surface area contributed by atoms with Crippen molar-refractivity contribution in [1.82, 2.24) is 19.4 Å². The monoisotopic (exact) mass is 452 g/mol. The Morgan fingerprint density at radius 1 is 1.21 bits per heavy atom. The zero-order valence-corrected chi connectivity index (χ0v) is 18.0. The fourth-order valence-corrected chi connectivity index (χ4v) is 3.92. The van der Waals surface area contributed by atoms with Crippen molar-refractivity contribution in [1.29, 1.82) is 0 Å². The topological polar surface area (TPSA) is 89.2 Å². The third kappa shape index (κ3) is 4.14. The summed E-state index contributed by atoms with van der Waals surface area (Å²) in [5, 5.41) is 12.7. The molecule has 0 aliphatic carbocycles. The normalized spacial score (nSPS) is 12.2. The molecule has 170 valence electrons. The van der Waals surface area contributed by atoms with Gasteiger partial charge in [-0.1, -0.05) is 24.3 Å². The third-order valence-electron chi connectivity index (χ3n) is 5.61. The first-order chi connectivity index (χ1) is 15.8. The molecule has 0 fully saturated rings. The summed E-state index contributed by atoms with van der Waals surface area (Å²) in [5.41, 5.74) is -0.120. The van der Waals surface area contributed by atoms with Gasteiger partial charge >= 0.3 is 0 Å². The molecule has 0 radical (unpaired) electrons. The average Bonchev–Trinajstić information content (AvgIpc) is 3.24. The molecule has 9 heteroatoms. The molecule has 0 bridgehead atoms. The Balaban J connectivity index is 1.84. The maximum atomic E-state index is 14.7. The van der Waals surface area contributed by atoms with Gasteiger partial charge in [0, 0.05) is 35.6 Å². The van der Waals surface area contributed by atoms with Crippen molar-refractivity contribution in [3.8, 4) is 0 Å². The second-order valence-electron chi connectivity index (χ2n) is 7.57. The van der Waals surface area contributed by atoms with Crippen LogP contribution in [0.4, 0.5) is 8.78 Å². The summed E-state index contributed by atoms with van der Waals surface area (Å²) < 4.78 is 31.4. The van der Waals surface area contributed by atoms with E-state index in [1.54, 1.807) is 19.3 Å². The number of nitrogens with one attached hydrogen (secondary N) is 1. The van der Waals surface area contributed by atoms with E-state index in [0.29, 0.717) is 12.4 Å². The lowest BCUT2D eigenvalue weighted by atomic mass is 10.0. The predicted molar refractivity (Wildman–Crippen MR) is 119 cm³/mol. The van der Waals surface area contributed by atoms with Crippen LogP contribution in [0.15, 0.2) is 59.7 Å². The Morgan fingerprint density at radius 2 is 1.97 bits per heavy atom. The highest BCUT2D eigenvalue weighted by Crippen LogP contribution is 2.23. The highest BCUT2D eigenvalue weighted by Gasteiger charge is 2.24. The minimum absolute atomic E-state index is 0.0303. The average molecular weight is 452 g/mol. The van der Waals surface area contributed by atoms with Crippen molar-refractivity contribution >= 4 is 16.7 Å². The van der Waals surface area contributed by atoms with Crippen molar-refractivity contribution < 1.29 is 18.7 Å². The molecule has 0 aliphatic rings. The van der Waals surface area contributed by atoms with Crippen molar-refractivity contribution in [3.63, 3.8) is 0 Å². The molecular formula is C24H22F2N4O3. The molecule has 1 amide bonds. The van der Waals surface area contributed by atoms with Crippen LogP contribution in [0.1, 0.15) is 40.6 Å². The number of carbonyl (C=O) groups excluding carboxylic acids is 1. The number of pyridine rings is 1. The standard InChI is InChI=1S/C24H22F2N4O3/c1-3-29-11-10-27-19(29)13-30-14(2)20(17-8-5-9-18(26)21(17)24(30)33)23(32)28-22(31)15-6-4-7-16(25)12-15/h4-12,22,31H,3,13H2,1-2H3,(H,28,32)/t22-/m0/s1. The van der Waals surface area contributed by atoms with Crippen LogP contribution in [0.25, 0.3) is 10.8 Å². The molecule has 0 saturated heterocycles. The summed E-state index contributed by atoms with van der Waals surface area (Å²) >= 11 is 0. The van der Waals surface area contributed by atoms with E-state index in [-0.39, 0.29) is 34.1 Å². The summed E-state index contributed by atoms with van der Waals surface area (Å²) in [6.07, 6.45) is 1.86. The number of hydrogen-bond acceptors (Lipinski definition) is 4. The second-order valence-corrected chi connectivity index (χ2v) is 7.57. The lowest BCUT2D eigenvalue weighted by Crippen LogP contribution is -2.33. The zero-order chi connectivity index (χ0) is 23.7. The first-order valence-corrected chi connectivity index (χ1v) is 10.4. The van der Waals surface area contributed by atoms with E-state index < -0.39 is 29.3 Å². The quantitative estimate of drug-likeness (QED) is 0.440. The zero-order valence-electron chi connectivity index (χ0n) is 18.0. The number of carbonyl (C=O) groups is 1. The number of hydrogen-bond donors (Lipinski definition) is 2. The highest BCUT2D eigenvalue weighted by atomic mass is 19.1. The largest absolute Gasteiger partial charge is 0.369 e. The van der Waals surface area contributed by atoms with E-state index in [4.69, 9.17) is 0 Å². The van der Waals surface area contributed by atoms with Gasteiger partial charge in [0.05, 0.1) is 17.5 Å². The number of amides is 1. The minimum atomic E-state index is -1.50. The molecule has 1 atom stereocenters. The van der Waals surface area contributed by atoms with Crippen LogP contribution in [-0.2, 0) is 13.1 Å². The maximum absolute atomic E-state index is 14.7. The molecule has 4 aromatic rings. The van der Waals surface area contributed by atoms with Gasteiger partial charge in [-0.3, -0.25) is 9.59 Å². The van der Waals surface area contributed by atoms with Gasteiger partial charge in [0.2, 0.25) is 0 Å². The smallest absolute Gasteiger partial charge is 0.262 e. The van der Waals surface area contributed by atoms with Gasteiger partial charge in [0.1, 0.15) is 17.5 Å². The van der Waals surface area contributed by atoms with E-state index in [9.17, 15) is 23.5 Å². The number of aliphatic hydroxyl groups excluding tert-OH is 1. The van der Waals surface area contributed by atoms with Crippen LogP contribution >= 0.6 is 0 Å². The van der Waals surface area contributed by atoms with Crippen molar-refractivity contribution in [2.75, 3.05) is 0 Å². The van der Waals surface area contributed by atoms with Crippen LogP contribution in [0.5, 0.6) is 0 Å². The number of fused-ring (bicyclic) bond motifs is 1. The Kier molecular flexibility index (Phi) is 6.06. The van der Waals surface area contributed by atoms with Gasteiger partial charge in [-0.15, -0.1) is 0 Å². The molecule has 2 heterocycles. The van der Waals surface area contributed by atoms with Gasteiger partial charge < -0.3 is 19.6 Å². The molecule has 7 nitrogen and oxygen atoms in total. The number of aromatic nitrogens is 3. The van der Waals surface area contributed by atoms with Crippen LogP contribution < -0.4 is 10.9 Å². The van der Waals surface area contributed by atoms with E-state index in [0.717, 1.165) is 12.1 Å². The van der Waals surface area contributed by atoms with Gasteiger partial charge in [0.15, 0.2) is 6.23 Å². The van der Waals surface area contributed by atoms with E-state index in [2.05, 4.69) is 10.3 Å². The summed E-state index contributed by atoms with van der Waals surface area (Å²) in [6.45, 7) is 4.16. The molecule has 0 unspecified atom stereocenters. The van der Waals surface area contributed by atoms with Crippen LogP contribution in [0, 0.1) is 18.6 Å². The lowest BCUT2D eigenvalue weighted by molar-refractivity contribution is 0.0783. The summed E-state index contributed by atoms with van der Waals surface area (Å²) in [7, 11) is 0. The van der Waals surface area contributed by atoms with E-state index in [1.807, 2.05) is 11.5 Å². The Hall–Kier alpha value is -3.85. The first kappa shape index (κ1) is 22.3. The van der Waals surface area contributed by atoms with Gasteiger partial charge in [-0.05, 0) is 32.0 Å². The molecule has 2 aromatic carbocycles. The van der Waals surface area contributed by atoms with Crippen LogP contribution in [0.2, 0.25) is 0 Å². The van der Waals surface area contributed by atoms with Gasteiger partial charge in [-0.25, -0.2) is 13.8 Å². The Bertz CT molecular complexity index is 1410. The fourth-order valence-electron chi connectivity index (χ4n) is 3.92.